The van der Waals surface area contributed by atoms with Crippen molar-refractivity contribution in [2.75, 3.05) is 0 Å². The van der Waals surface area contributed by atoms with Gasteiger partial charge in [0, 0.05) is 10.5 Å². The van der Waals surface area contributed by atoms with Crippen LogP contribution in [0, 0.1) is 22.9 Å². The molecule has 0 amide bonds. The normalized spacial score (nSPS) is 9.92. The van der Waals surface area contributed by atoms with E-state index in [1.54, 1.807) is 0 Å². The van der Waals surface area contributed by atoms with E-state index in [0.29, 0.717) is 4.90 Å². The van der Waals surface area contributed by atoms with Gasteiger partial charge in [0.1, 0.15) is 0 Å². The van der Waals surface area contributed by atoms with Gasteiger partial charge in [0.15, 0.2) is 0 Å². The summed E-state index contributed by atoms with van der Waals surface area (Å²) in [5, 5.41) is 10.3. The minimum Gasteiger partial charge on any atom is -0.258 e. The number of aryl methyl sites for hydroxylation is 1. The molecule has 0 fully saturated rings. The molecule has 0 saturated heterocycles. The topological polar surface area (TPSA) is 43.1 Å². The van der Waals surface area contributed by atoms with Crippen LogP contribution in [0.4, 0.5) is 10.1 Å². The Kier molecular flexibility index (Phi) is 2.32. The number of hydrogen-bond acceptors (Lipinski definition) is 3. The maximum atomic E-state index is 12.9. The molecule has 1 aromatic carbocycles. The molecule has 0 saturated carbocycles. The third-order valence-corrected chi connectivity index (χ3v) is 1.68. The van der Waals surface area contributed by atoms with E-state index < -0.39 is 16.4 Å². The van der Waals surface area contributed by atoms with Crippen LogP contribution in [0.3, 0.4) is 0 Å². The van der Waals surface area contributed by atoms with Crippen molar-refractivity contribution in [2.24, 2.45) is 0 Å². The molecule has 1 aromatic rings. The van der Waals surface area contributed by atoms with Gasteiger partial charge < -0.3 is 0 Å². The average Bonchev–Trinajstić information content (AvgIpc) is 1.82. The first-order valence-electron chi connectivity index (χ1n) is 3.16. The fourth-order valence-electron chi connectivity index (χ4n) is 0.950. The molecule has 3 nitrogen and oxygen atoms in total. The van der Waals surface area contributed by atoms with Crippen molar-refractivity contribution < 1.29 is 9.31 Å². The summed E-state index contributed by atoms with van der Waals surface area (Å²) in [6, 6.07) is 2.47. The molecule has 0 atom stereocenters. The molecule has 5 heteroatoms. The molecule has 0 heterocycles. The van der Waals surface area contributed by atoms with Gasteiger partial charge in [0.05, 0.1) is 4.92 Å². The van der Waals surface area contributed by atoms with Crippen molar-refractivity contribution in [1.29, 1.82) is 0 Å². The molecule has 0 aromatic heterocycles. The zero-order valence-electron chi connectivity index (χ0n) is 6.24. The summed E-state index contributed by atoms with van der Waals surface area (Å²) >= 11 is 3.88. The minimum atomic E-state index is -0.843. The number of thiol groups is 1. The molecule has 0 bridgehead atoms. The number of nitrogens with zero attached hydrogens (tertiary/aromatic N) is 1. The first-order valence-corrected chi connectivity index (χ1v) is 3.60. The van der Waals surface area contributed by atoms with E-state index in [1.165, 1.54) is 13.0 Å². The molecule has 12 heavy (non-hydrogen) atoms. The van der Waals surface area contributed by atoms with Gasteiger partial charge >= 0.3 is 5.69 Å². The van der Waals surface area contributed by atoms with E-state index in [4.69, 9.17) is 0 Å². The first kappa shape index (κ1) is 8.99. The SMILES string of the molecule is Cc1cc(S)cc(F)c1[N+](=O)[O-]. The lowest BCUT2D eigenvalue weighted by molar-refractivity contribution is -0.388. The zero-order chi connectivity index (χ0) is 9.30. The van der Waals surface area contributed by atoms with E-state index in [9.17, 15) is 14.5 Å². The maximum Gasteiger partial charge on any atom is 0.307 e. The predicted molar refractivity (Wildman–Crippen MR) is 45.0 cm³/mol. The van der Waals surface area contributed by atoms with Crippen LogP contribution in [0.25, 0.3) is 0 Å². The summed E-state index contributed by atoms with van der Waals surface area (Å²) in [7, 11) is 0. The van der Waals surface area contributed by atoms with Gasteiger partial charge in [-0.2, -0.15) is 4.39 Å². The molecule has 0 aliphatic carbocycles. The Labute approximate surface area is 73.8 Å². The Morgan fingerprint density at radius 2 is 2.17 bits per heavy atom. The molecule has 0 spiro atoms. The Hall–Kier alpha value is -1.10. The van der Waals surface area contributed by atoms with E-state index in [0.717, 1.165) is 6.07 Å². The van der Waals surface area contributed by atoms with Crippen molar-refractivity contribution in [1.82, 2.24) is 0 Å². The lowest BCUT2D eigenvalue weighted by Crippen LogP contribution is -1.95. The van der Waals surface area contributed by atoms with Gasteiger partial charge in [0.25, 0.3) is 0 Å². The second-order valence-corrected chi connectivity index (χ2v) is 2.87. The maximum absolute atomic E-state index is 12.9. The number of hydrogen-bond donors (Lipinski definition) is 1. The summed E-state index contributed by atoms with van der Waals surface area (Å²) in [5.74, 6) is -0.843. The third kappa shape index (κ3) is 1.55. The highest BCUT2D eigenvalue weighted by atomic mass is 32.1. The largest absolute Gasteiger partial charge is 0.307 e. The third-order valence-electron chi connectivity index (χ3n) is 1.42. The minimum absolute atomic E-state index is 0.282. The fraction of sp³-hybridized carbons (Fsp3) is 0.143. The van der Waals surface area contributed by atoms with Crippen LogP contribution in [0.2, 0.25) is 0 Å². The van der Waals surface area contributed by atoms with E-state index in [1.807, 2.05) is 0 Å². The van der Waals surface area contributed by atoms with Crippen LogP contribution in [0.15, 0.2) is 17.0 Å². The van der Waals surface area contributed by atoms with Crippen LogP contribution in [-0.2, 0) is 0 Å². The van der Waals surface area contributed by atoms with Gasteiger partial charge in [-0.25, -0.2) is 0 Å². The Bertz CT molecular complexity index is 317. The molecule has 0 aliphatic heterocycles. The second-order valence-electron chi connectivity index (χ2n) is 2.35. The summed E-state index contributed by atoms with van der Waals surface area (Å²) in [6.07, 6.45) is 0. The smallest absolute Gasteiger partial charge is 0.258 e. The highest BCUT2D eigenvalue weighted by Gasteiger charge is 2.17. The quantitative estimate of drug-likeness (QED) is 0.416. The number of benzene rings is 1. The van der Waals surface area contributed by atoms with E-state index >= 15 is 0 Å². The van der Waals surface area contributed by atoms with Crippen molar-refractivity contribution in [3.05, 3.63) is 33.6 Å². The van der Waals surface area contributed by atoms with Gasteiger partial charge in [0.2, 0.25) is 5.82 Å². The van der Waals surface area contributed by atoms with Crippen molar-refractivity contribution in [2.45, 2.75) is 11.8 Å². The predicted octanol–water partition coefficient (Wildman–Crippen LogP) is 2.33. The Morgan fingerprint density at radius 1 is 1.58 bits per heavy atom. The Morgan fingerprint density at radius 3 is 2.58 bits per heavy atom. The number of rotatable bonds is 1. The van der Waals surface area contributed by atoms with Crippen LogP contribution in [0.5, 0.6) is 0 Å². The molecule has 0 radical (unpaired) electrons. The molecular formula is C7H6FNO2S. The zero-order valence-corrected chi connectivity index (χ0v) is 7.14. The average molecular weight is 187 g/mol. The molecule has 0 N–H and O–H groups in total. The van der Waals surface area contributed by atoms with Crippen molar-refractivity contribution in [3.63, 3.8) is 0 Å². The summed E-state index contributed by atoms with van der Waals surface area (Å²) in [4.78, 5) is 9.94. The highest BCUT2D eigenvalue weighted by molar-refractivity contribution is 7.80. The van der Waals surface area contributed by atoms with Crippen LogP contribution < -0.4 is 0 Å². The fourth-order valence-corrected chi connectivity index (χ4v) is 1.26. The number of halogens is 1. The van der Waals surface area contributed by atoms with Crippen molar-refractivity contribution in [3.8, 4) is 0 Å². The molecule has 0 unspecified atom stereocenters. The standard InChI is InChI=1S/C7H6FNO2S/c1-4-2-5(12)3-6(8)7(4)9(10)11/h2-3,12H,1H3. The summed E-state index contributed by atoms with van der Waals surface area (Å²) < 4.78 is 12.9. The second kappa shape index (κ2) is 3.10. The van der Waals surface area contributed by atoms with Crippen LogP contribution in [0.1, 0.15) is 5.56 Å². The first-order chi connectivity index (χ1) is 5.52. The van der Waals surface area contributed by atoms with Gasteiger partial charge in [-0.05, 0) is 19.1 Å². The van der Waals surface area contributed by atoms with Crippen LogP contribution >= 0.6 is 12.6 Å². The highest BCUT2D eigenvalue weighted by Crippen LogP contribution is 2.24. The monoisotopic (exact) mass is 187 g/mol. The molecule has 64 valence electrons. The van der Waals surface area contributed by atoms with Crippen molar-refractivity contribution >= 4 is 18.3 Å². The Balaban J connectivity index is 3.38. The van der Waals surface area contributed by atoms with Gasteiger partial charge in [-0.3, -0.25) is 10.1 Å². The lowest BCUT2D eigenvalue weighted by atomic mass is 10.2. The number of nitro groups is 1. The summed E-state index contributed by atoms with van der Waals surface area (Å²) in [5.41, 5.74) is -0.196. The van der Waals surface area contributed by atoms with Crippen LogP contribution in [-0.4, -0.2) is 4.92 Å². The molecule has 1 rings (SSSR count). The number of nitro benzene ring substituents is 1. The van der Waals surface area contributed by atoms with Gasteiger partial charge in [-0.15, -0.1) is 12.6 Å². The molecule has 0 aliphatic rings. The van der Waals surface area contributed by atoms with Gasteiger partial charge in [-0.1, -0.05) is 0 Å². The van der Waals surface area contributed by atoms with E-state index in [-0.39, 0.29) is 5.56 Å². The lowest BCUT2D eigenvalue weighted by Gasteiger charge is -1.98. The molecular weight excluding hydrogens is 181 g/mol. The summed E-state index contributed by atoms with van der Waals surface area (Å²) in [6.45, 7) is 1.47. The van der Waals surface area contributed by atoms with E-state index in [2.05, 4.69) is 12.6 Å².